The van der Waals surface area contributed by atoms with Crippen molar-refractivity contribution in [3.8, 4) is 0 Å². The molecular weight excluding hydrogens is 309 g/mol. The van der Waals surface area contributed by atoms with Gasteiger partial charge in [-0.1, -0.05) is 0 Å². The molecule has 1 fully saturated rings. The number of anilines is 1. The van der Waals surface area contributed by atoms with Gasteiger partial charge in [0.15, 0.2) is 6.23 Å². The van der Waals surface area contributed by atoms with Crippen LogP contribution in [0.4, 0.5) is 5.82 Å². The fraction of sp³-hybridized carbons (Fsp3) is 0.556. The first-order valence-corrected chi connectivity index (χ1v) is 7.28. The fourth-order valence-corrected chi connectivity index (χ4v) is 2.23. The Morgan fingerprint density at radius 3 is 2.67 bits per heavy atom. The Labute approximate surface area is 117 Å². The quantitative estimate of drug-likeness (QED) is 0.374. The van der Waals surface area contributed by atoms with Crippen LogP contribution in [-0.2, 0) is 13.8 Å². The molecule has 0 aromatic carbocycles. The number of hydrogen-bond donors (Lipinski definition) is 5. The number of aromatic nitrogens is 2. The monoisotopic (exact) mass is 323 g/mol. The van der Waals surface area contributed by atoms with Crippen molar-refractivity contribution in [1.82, 2.24) is 9.55 Å². The van der Waals surface area contributed by atoms with Crippen molar-refractivity contribution in [3.05, 3.63) is 22.7 Å². The number of aliphatic hydroxyl groups excluding tert-OH is 2. The van der Waals surface area contributed by atoms with Crippen molar-refractivity contribution in [2.45, 2.75) is 24.5 Å². The third kappa shape index (κ3) is 3.66. The van der Waals surface area contributed by atoms with Crippen molar-refractivity contribution in [2.75, 3.05) is 12.3 Å². The van der Waals surface area contributed by atoms with Crippen LogP contribution >= 0.6 is 7.82 Å². The summed E-state index contributed by atoms with van der Waals surface area (Å²) >= 11 is 0. The molecule has 0 radical (unpaired) electrons. The molecule has 2 rings (SSSR count). The van der Waals surface area contributed by atoms with Crippen LogP contribution in [-0.4, -0.2) is 54.5 Å². The van der Waals surface area contributed by atoms with Crippen LogP contribution in [0.3, 0.4) is 0 Å². The number of phosphoric acid groups is 1. The van der Waals surface area contributed by atoms with Crippen LogP contribution in [0.15, 0.2) is 17.1 Å². The van der Waals surface area contributed by atoms with Gasteiger partial charge in [0.25, 0.3) is 0 Å². The molecule has 0 saturated carbocycles. The van der Waals surface area contributed by atoms with Crippen molar-refractivity contribution in [1.29, 1.82) is 0 Å². The Kier molecular flexibility index (Phi) is 4.44. The lowest BCUT2D eigenvalue weighted by Gasteiger charge is -2.16. The zero-order valence-electron chi connectivity index (χ0n) is 10.5. The SMILES string of the molecule is Nc1ccn(C2OC(COP(=O)(O)O)C(O)[C@@H]2O)c(=O)n1. The Bertz CT molecular complexity index is 615. The molecule has 0 aliphatic carbocycles. The fourth-order valence-electron chi connectivity index (χ4n) is 1.89. The molecule has 4 atom stereocenters. The summed E-state index contributed by atoms with van der Waals surface area (Å²) < 4.78 is 20.9. The lowest BCUT2D eigenvalue weighted by molar-refractivity contribution is -0.0542. The summed E-state index contributed by atoms with van der Waals surface area (Å²) in [6.07, 6.45) is -4.27. The Hall–Kier alpha value is -1.33. The summed E-state index contributed by atoms with van der Waals surface area (Å²) in [5.41, 5.74) is 4.52. The normalized spacial score (nSPS) is 29.7. The van der Waals surface area contributed by atoms with E-state index < -0.39 is 44.7 Å². The first kappa shape index (κ1) is 16.0. The van der Waals surface area contributed by atoms with Gasteiger partial charge in [0.1, 0.15) is 24.1 Å². The van der Waals surface area contributed by atoms with Crippen LogP contribution in [0.1, 0.15) is 6.23 Å². The van der Waals surface area contributed by atoms with Gasteiger partial charge in [-0.05, 0) is 6.07 Å². The third-order valence-corrected chi connectivity index (χ3v) is 3.36. The van der Waals surface area contributed by atoms with E-state index in [0.717, 1.165) is 4.57 Å². The Morgan fingerprint density at radius 2 is 2.10 bits per heavy atom. The lowest BCUT2D eigenvalue weighted by Crippen LogP contribution is -2.36. The maximum absolute atomic E-state index is 11.6. The number of rotatable bonds is 4. The van der Waals surface area contributed by atoms with Crippen molar-refractivity contribution in [2.24, 2.45) is 0 Å². The molecule has 3 unspecified atom stereocenters. The van der Waals surface area contributed by atoms with Crippen LogP contribution in [0.25, 0.3) is 0 Å². The zero-order chi connectivity index (χ0) is 15.8. The molecule has 0 amide bonds. The molecule has 1 aromatic heterocycles. The zero-order valence-corrected chi connectivity index (χ0v) is 11.4. The van der Waals surface area contributed by atoms with Crippen LogP contribution in [0, 0.1) is 0 Å². The first-order chi connectivity index (χ1) is 9.69. The van der Waals surface area contributed by atoms with Gasteiger partial charge >= 0.3 is 13.5 Å². The van der Waals surface area contributed by atoms with E-state index >= 15 is 0 Å². The molecule has 0 bridgehead atoms. The molecule has 2 heterocycles. The first-order valence-electron chi connectivity index (χ1n) is 5.75. The number of ether oxygens (including phenoxy) is 1. The minimum atomic E-state index is -4.74. The van der Waals surface area contributed by atoms with E-state index in [4.69, 9.17) is 20.3 Å². The van der Waals surface area contributed by atoms with E-state index in [9.17, 15) is 19.6 Å². The van der Waals surface area contributed by atoms with Gasteiger partial charge in [-0.2, -0.15) is 4.98 Å². The third-order valence-electron chi connectivity index (χ3n) is 2.87. The highest BCUT2D eigenvalue weighted by atomic mass is 31.2. The average Bonchev–Trinajstić information content (AvgIpc) is 2.64. The molecule has 1 aromatic rings. The number of nitrogens with two attached hydrogens (primary N) is 1. The van der Waals surface area contributed by atoms with Crippen molar-refractivity contribution in [3.63, 3.8) is 0 Å². The maximum Gasteiger partial charge on any atom is 0.469 e. The van der Waals surface area contributed by atoms with Crippen molar-refractivity contribution < 1.29 is 33.8 Å². The summed E-state index contributed by atoms with van der Waals surface area (Å²) in [4.78, 5) is 32.3. The second kappa shape index (κ2) is 5.81. The highest BCUT2D eigenvalue weighted by Crippen LogP contribution is 2.38. The van der Waals surface area contributed by atoms with Crippen LogP contribution in [0.5, 0.6) is 0 Å². The van der Waals surface area contributed by atoms with E-state index in [1.807, 2.05) is 0 Å². The average molecular weight is 323 g/mol. The molecule has 6 N–H and O–H groups in total. The molecule has 118 valence electrons. The van der Waals surface area contributed by atoms with E-state index in [0.29, 0.717) is 0 Å². The summed E-state index contributed by atoms with van der Waals surface area (Å²) in [7, 11) is -4.74. The predicted octanol–water partition coefficient (Wildman–Crippen LogP) is -2.45. The van der Waals surface area contributed by atoms with Crippen LogP contribution in [0.2, 0.25) is 0 Å². The van der Waals surface area contributed by atoms with Gasteiger partial charge < -0.3 is 30.5 Å². The minimum Gasteiger partial charge on any atom is -0.387 e. The largest absolute Gasteiger partial charge is 0.469 e. The molecular formula is C9H14N3O8P. The molecule has 21 heavy (non-hydrogen) atoms. The standard InChI is InChI=1S/C9H14N3O8P/c10-5-1-2-12(9(15)11-5)8-7(14)6(13)4(20-8)3-19-21(16,17)18/h1-2,4,6-8,13-14H,3H2,(H2,10,11,15)(H2,16,17,18)/t4?,6?,7-,8?/m0/s1. The van der Waals surface area contributed by atoms with Crippen molar-refractivity contribution >= 4 is 13.6 Å². The highest BCUT2D eigenvalue weighted by molar-refractivity contribution is 7.46. The number of phosphoric ester groups is 1. The van der Waals surface area contributed by atoms with Gasteiger partial charge in [-0.15, -0.1) is 0 Å². The van der Waals surface area contributed by atoms with E-state index in [-0.39, 0.29) is 5.82 Å². The minimum absolute atomic E-state index is 0.0225. The molecule has 12 heteroatoms. The smallest absolute Gasteiger partial charge is 0.387 e. The number of aliphatic hydroxyl groups is 2. The molecule has 11 nitrogen and oxygen atoms in total. The summed E-state index contributed by atoms with van der Waals surface area (Å²) in [6.45, 7) is -0.657. The van der Waals surface area contributed by atoms with Gasteiger partial charge in [0.05, 0.1) is 6.61 Å². The number of hydrogen-bond acceptors (Lipinski definition) is 8. The second-order valence-electron chi connectivity index (χ2n) is 4.37. The van der Waals surface area contributed by atoms with E-state index in [1.54, 1.807) is 0 Å². The molecule has 0 spiro atoms. The van der Waals surface area contributed by atoms with Crippen LogP contribution < -0.4 is 11.4 Å². The molecule has 1 aliphatic heterocycles. The molecule has 1 aliphatic rings. The second-order valence-corrected chi connectivity index (χ2v) is 5.61. The summed E-state index contributed by atoms with van der Waals surface area (Å²) in [6, 6.07) is 1.29. The summed E-state index contributed by atoms with van der Waals surface area (Å²) in [5.74, 6) is -0.0225. The van der Waals surface area contributed by atoms with Gasteiger partial charge in [0.2, 0.25) is 0 Å². The highest BCUT2D eigenvalue weighted by Gasteiger charge is 2.44. The van der Waals surface area contributed by atoms with Gasteiger partial charge in [-0.25, -0.2) is 9.36 Å². The van der Waals surface area contributed by atoms with E-state index in [2.05, 4.69) is 9.51 Å². The Morgan fingerprint density at radius 1 is 1.43 bits per heavy atom. The van der Waals surface area contributed by atoms with Gasteiger partial charge in [-0.3, -0.25) is 9.09 Å². The number of nitrogens with zero attached hydrogens (tertiary/aromatic N) is 2. The van der Waals surface area contributed by atoms with Gasteiger partial charge in [0, 0.05) is 6.20 Å². The Balaban J connectivity index is 2.16. The predicted molar refractivity (Wildman–Crippen MR) is 66.8 cm³/mol. The number of nitrogen functional groups attached to an aromatic ring is 1. The topological polar surface area (TPSA) is 177 Å². The summed E-state index contributed by atoms with van der Waals surface area (Å²) in [5, 5.41) is 19.6. The lowest BCUT2D eigenvalue weighted by atomic mass is 10.1. The van der Waals surface area contributed by atoms with E-state index in [1.165, 1.54) is 12.3 Å². The maximum atomic E-state index is 11.6. The molecule has 1 saturated heterocycles.